The van der Waals surface area contributed by atoms with Crippen LogP contribution in [0, 0.1) is 0 Å². The van der Waals surface area contributed by atoms with Crippen molar-refractivity contribution in [1.29, 1.82) is 0 Å². The van der Waals surface area contributed by atoms with Crippen LogP contribution < -0.4 is 10.1 Å². The molecule has 1 atom stereocenters. The number of hydrogen-bond donors (Lipinski definition) is 2. The number of amides is 1. The number of hydrogen-bond acceptors (Lipinski definition) is 4. The minimum atomic E-state index is -4.41. The van der Waals surface area contributed by atoms with Gasteiger partial charge in [0, 0.05) is 26.6 Å². The van der Waals surface area contributed by atoms with Crippen LogP contribution in [0.25, 0.3) is 0 Å². The summed E-state index contributed by atoms with van der Waals surface area (Å²) < 4.78 is 42.8. The van der Waals surface area contributed by atoms with Crippen molar-refractivity contribution in [3.05, 3.63) is 29.8 Å². The average molecular weight is 362 g/mol. The lowest BCUT2D eigenvalue weighted by molar-refractivity contribution is -0.142. The molecule has 0 aliphatic rings. The summed E-state index contributed by atoms with van der Waals surface area (Å²) in [5.74, 6) is -0.973. The third-order valence-corrected chi connectivity index (χ3v) is 3.51. The summed E-state index contributed by atoms with van der Waals surface area (Å²) in [6.07, 6.45) is -4.41. The molecule has 0 fully saturated rings. The van der Waals surface area contributed by atoms with Crippen LogP contribution in [0.4, 0.5) is 13.2 Å². The lowest BCUT2D eigenvalue weighted by atomic mass is 10.2. The fraction of sp³-hybridized carbons (Fsp3) is 0.500. The number of carboxylic acid groups (broad SMARTS) is 1. The highest BCUT2D eigenvalue weighted by Gasteiger charge is 2.30. The number of ether oxygens (including phenoxy) is 1. The van der Waals surface area contributed by atoms with Gasteiger partial charge in [-0.1, -0.05) is 0 Å². The minimum absolute atomic E-state index is 0.100. The fourth-order valence-electron chi connectivity index (χ4n) is 2.05. The maximum absolute atomic E-state index is 12.5. The molecule has 6 nitrogen and oxygen atoms in total. The van der Waals surface area contributed by atoms with Gasteiger partial charge in [-0.2, -0.15) is 13.2 Å². The Balaban J connectivity index is 2.55. The van der Waals surface area contributed by atoms with E-state index < -0.39 is 23.8 Å². The molecule has 0 aliphatic carbocycles. The van der Waals surface area contributed by atoms with Gasteiger partial charge in [-0.05, 0) is 31.2 Å². The molecule has 0 aromatic heterocycles. The lowest BCUT2D eigenvalue weighted by Gasteiger charge is -2.26. The highest BCUT2D eigenvalue weighted by Crippen LogP contribution is 2.30. The number of alkyl halides is 3. The predicted octanol–water partition coefficient (Wildman–Crippen LogP) is 2.00. The molecule has 0 spiro atoms. The molecule has 1 aromatic rings. The van der Waals surface area contributed by atoms with Gasteiger partial charge in [0.1, 0.15) is 18.4 Å². The molecule has 0 aliphatic heterocycles. The summed E-state index contributed by atoms with van der Waals surface area (Å²) in [7, 11) is 0. The van der Waals surface area contributed by atoms with Gasteiger partial charge in [0.15, 0.2) is 0 Å². The van der Waals surface area contributed by atoms with E-state index in [0.717, 1.165) is 12.1 Å². The molecule has 1 unspecified atom stereocenters. The van der Waals surface area contributed by atoms with Gasteiger partial charge in [-0.15, -0.1) is 0 Å². The van der Waals surface area contributed by atoms with Crippen molar-refractivity contribution in [2.24, 2.45) is 0 Å². The molecule has 2 N–H and O–H groups in total. The predicted molar refractivity (Wildman–Crippen MR) is 84.3 cm³/mol. The Kier molecular flexibility index (Phi) is 7.69. The Bertz CT molecular complexity index is 576. The van der Waals surface area contributed by atoms with E-state index >= 15 is 0 Å². The van der Waals surface area contributed by atoms with Crippen LogP contribution in [0.3, 0.4) is 0 Å². The maximum atomic E-state index is 12.5. The molecule has 0 saturated carbocycles. The number of aliphatic carboxylic acids is 1. The Hall–Kier alpha value is -2.29. The van der Waals surface area contributed by atoms with Gasteiger partial charge >= 0.3 is 12.1 Å². The van der Waals surface area contributed by atoms with E-state index in [0.29, 0.717) is 6.54 Å². The third kappa shape index (κ3) is 7.42. The van der Waals surface area contributed by atoms with Gasteiger partial charge in [-0.25, -0.2) is 0 Å². The first-order valence-corrected chi connectivity index (χ1v) is 7.62. The normalized spacial score (nSPS) is 12.7. The number of carbonyl (C=O) groups excluding carboxylic acids is 1. The van der Waals surface area contributed by atoms with Gasteiger partial charge in [0.2, 0.25) is 5.91 Å². The zero-order valence-electron chi connectivity index (χ0n) is 14.0. The summed E-state index contributed by atoms with van der Waals surface area (Å²) in [6, 6.07) is 3.48. The van der Waals surface area contributed by atoms with Gasteiger partial charge in [0.25, 0.3) is 0 Å². The summed E-state index contributed by atoms with van der Waals surface area (Å²) in [6.45, 7) is 3.81. The third-order valence-electron chi connectivity index (χ3n) is 3.51. The summed E-state index contributed by atoms with van der Waals surface area (Å²) >= 11 is 0. The number of halogens is 3. The number of benzene rings is 1. The van der Waals surface area contributed by atoms with Crippen molar-refractivity contribution in [2.75, 3.05) is 26.2 Å². The smallest absolute Gasteiger partial charge is 0.416 e. The van der Waals surface area contributed by atoms with Crippen LogP contribution in [0.2, 0.25) is 0 Å². The van der Waals surface area contributed by atoms with Crippen LogP contribution in [0.15, 0.2) is 24.3 Å². The van der Waals surface area contributed by atoms with Gasteiger partial charge in [0.05, 0.1) is 5.56 Å². The fourth-order valence-corrected chi connectivity index (χ4v) is 2.05. The van der Waals surface area contributed by atoms with E-state index in [2.05, 4.69) is 5.32 Å². The number of nitrogens with one attached hydrogen (secondary N) is 1. The lowest BCUT2D eigenvalue weighted by Crippen LogP contribution is -2.45. The quantitative estimate of drug-likeness (QED) is 0.702. The van der Waals surface area contributed by atoms with Crippen molar-refractivity contribution in [3.63, 3.8) is 0 Å². The summed E-state index contributed by atoms with van der Waals surface area (Å²) in [5, 5.41) is 11.7. The highest BCUT2D eigenvalue weighted by molar-refractivity contribution is 5.73. The Morgan fingerprint density at radius 1 is 1.24 bits per heavy atom. The second kappa shape index (κ2) is 9.26. The van der Waals surface area contributed by atoms with E-state index in [1.54, 1.807) is 4.90 Å². The van der Waals surface area contributed by atoms with Crippen molar-refractivity contribution in [1.82, 2.24) is 10.2 Å². The van der Waals surface area contributed by atoms with Gasteiger partial charge < -0.3 is 15.2 Å². The molecule has 1 rings (SSSR count). The highest BCUT2D eigenvalue weighted by atomic mass is 19.4. The molecule has 0 saturated heterocycles. The number of rotatable bonds is 9. The standard InChI is InChI=1S/C16H21F3N2O4/c1-11(15(23)24)21(8-7-20-12(2)22)9-10-25-14-5-3-13(4-6-14)16(17,18)19/h3-6,11H,7-10H2,1-2H3,(H,20,22)(H,23,24). The van der Waals surface area contributed by atoms with Crippen molar-refractivity contribution in [2.45, 2.75) is 26.1 Å². The minimum Gasteiger partial charge on any atom is -0.492 e. The second-order valence-corrected chi connectivity index (χ2v) is 5.40. The molecule has 9 heteroatoms. The molecular weight excluding hydrogens is 341 g/mol. The summed E-state index contributed by atoms with van der Waals surface area (Å²) in [5.41, 5.74) is -0.767. The average Bonchev–Trinajstić information content (AvgIpc) is 2.52. The SMILES string of the molecule is CC(=O)NCCN(CCOc1ccc(C(F)(F)F)cc1)C(C)C(=O)O. The van der Waals surface area contributed by atoms with Crippen LogP contribution in [-0.2, 0) is 15.8 Å². The molecule has 0 radical (unpaired) electrons. The Morgan fingerprint density at radius 3 is 2.32 bits per heavy atom. The first-order valence-electron chi connectivity index (χ1n) is 7.62. The molecule has 25 heavy (non-hydrogen) atoms. The van der Waals surface area contributed by atoms with E-state index in [1.807, 2.05) is 0 Å². The molecular formula is C16H21F3N2O4. The molecule has 1 aromatic carbocycles. The first-order chi connectivity index (χ1) is 11.6. The topological polar surface area (TPSA) is 78.9 Å². The molecule has 140 valence electrons. The summed E-state index contributed by atoms with van der Waals surface area (Å²) in [4.78, 5) is 23.6. The van der Waals surface area contributed by atoms with Crippen molar-refractivity contribution >= 4 is 11.9 Å². The monoisotopic (exact) mass is 362 g/mol. The van der Waals surface area contributed by atoms with Crippen molar-refractivity contribution < 1.29 is 32.6 Å². The number of carbonyl (C=O) groups is 2. The Labute approximate surface area is 143 Å². The molecule has 0 heterocycles. The van der Waals surface area contributed by atoms with Gasteiger partial charge in [-0.3, -0.25) is 14.5 Å². The molecule has 1 amide bonds. The van der Waals surface area contributed by atoms with E-state index in [9.17, 15) is 22.8 Å². The zero-order chi connectivity index (χ0) is 19.0. The van der Waals surface area contributed by atoms with E-state index in [-0.39, 0.29) is 31.4 Å². The Morgan fingerprint density at radius 2 is 1.84 bits per heavy atom. The number of nitrogens with zero attached hydrogens (tertiary/aromatic N) is 1. The maximum Gasteiger partial charge on any atom is 0.416 e. The van der Waals surface area contributed by atoms with Crippen LogP contribution in [-0.4, -0.2) is 54.2 Å². The molecule has 0 bridgehead atoms. The zero-order valence-corrected chi connectivity index (χ0v) is 14.0. The largest absolute Gasteiger partial charge is 0.492 e. The van der Waals surface area contributed by atoms with E-state index in [4.69, 9.17) is 9.84 Å². The van der Waals surface area contributed by atoms with Crippen LogP contribution in [0.1, 0.15) is 19.4 Å². The van der Waals surface area contributed by atoms with E-state index in [1.165, 1.54) is 26.0 Å². The second-order valence-electron chi connectivity index (χ2n) is 5.40. The van der Waals surface area contributed by atoms with Crippen molar-refractivity contribution in [3.8, 4) is 5.75 Å². The van der Waals surface area contributed by atoms with Crippen LogP contribution >= 0.6 is 0 Å². The first kappa shape index (κ1) is 20.8. The van der Waals surface area contributed by atoms with Crippen LogP contribution in [0.5, 0.6) is 5.75 Å². The number of carboxylic acids is 1.